The number of nitro benzene ring substituents is 1. The van der Waals surface area contributed by atoms with E-state index in [1.54, 1.807) is 19.2 Å². The topological polar surface area (TPSA) is 63.5 Å². The number of amides is 1. The van der Waals surface area contributed by atoms with Crippen molar-refractivity contribution in [1.29, 1.82) is 0 Å². The van der Waals surface area contributed by atoms with Crippen LogP contribution in [0, 0.1) is 24.0 Å². The molecule has 0 atom stereocenters. The molecule has 0 radical (unpaired) electrons. The lowest BCUT2D eigenvalue weighted by molar-refractivity contribution is -0.384. The monoisotopic (exact) mass is 284 g/mol. The van der Waals surface area contributed by atoms with Gasteiger partial charge in [-0.1, -0.05) is 18.2 Å². The average Bonchev–Trinajstić information content (AvgIpc) is 2.46. The molecule has 2 aromatic carbocycles. The molecule has 1 amide bonds. The summed E-state index contributed by atoms with van der Waals surface area (Å²) in [5.74, 6) is -0.126. The zero-order chi connectivity index (χ0) is 15.6. The molecule has 108 valence electrons. The van der Waals surface area contributed by atoms with Crippen molar-refractivity contribution in [3.8, 4) is 0 Å². The molecule has 0 bridgehead atoms. The molecule has 0 aromatic heterocycles. The maximum Gasteiger partial charge on any atom is 0.269 e. The van der Waals surface area contributed by atoms with Crippen LogP contribution in [-0.2, 0) is 0 Å². The van der Waals surface area contributed by atoms with Crippen LogP contribution in [0.4, 0.5) is 11.4 Å². The maximum absolute atomic E-state index is 12.6. The third-order valence-corrected chi connectivity index (χ3v) is 3.45. The summed E-state index contributed by atoms with van der Waals surface area (Å²) in [7, 11) is 1.66. The summed E-state index contributed by atoms with van der Waals surface area (Å²) in [6, 6.07) is 11.6. The fraction of sp³-hybridized carbons (Fsp3) is 0.188. The van der Waals surface area contributed by atoms with Gasteiger partial charge in [-0.2, -0.15) is 0 Å². The number of carbonyl (C=O) groups is 1. The quantitative estimate of drug-likeness (QED) is 0.640. The molecule has 0 saturated heterocycles. The van der Waals surface area contributed by atoms with E-state index in [-0.39, 0.29) is 11.6 Å². The van der Waals surface area contributed by atoms with Gasteiger partial charge in [0, 0.05) is 30.4 Å². The lowest BCUT2D eigenvalue weighted by atomic mass is 10.0. The average molecular weight is 284 g/mol. The van der Waals surface area contributed by atoms with Gasteiger partial charge in [-0.15, -0.1) is 0 Å². The van der Waals surface area contributed by atoms with E-state index in [1.165, 1.54) is 17.0 Å². The van der Waals surface area contributed by atoms with Gasteiger partial charge in [0.15, 0.2) is 0 Å². The van der Waals surface area contributed by atoms with Crippen molar-refractivity contribution in [2.24, 2.45) is 0 Å². The number of nitro groups is 1. The number of hydrogen-bond acceptors (Lipinski definition) is 3. The summed E-state index contributed by atoms with van der Waals surface area (Å²) in [6.45, 7) is 3.79. The Hall–Kier alpha value is -2.69. The standard InChI is InChI=1S/C16H16N2O3/c1-11-5-4-6-12(2)15(11)16(19)17(3)13-7-9-14(10-8-13)18(20)21/h4-10H,1-3H3. The van der Waals surface area contributed by atoms with Gasteiger partial charge in [0.25, 0.3) is 11.6 Å². The van der Waals surface area contributed by atoms with Gasteiger partial charge in [0.2, 0.25) is 0 Å². The number of nitrogens with zero attached hydrogens (tertiary/aromatic N) is 2. The van der Waals surface area contributed by atoms with Crippen molar-refractivity contribution in [1.82, 2.24) is 0 Å². The summed E-state index contributed by atoms with van der Waals surface area (Å²) < 4.78 is 0. The number of aryl methyl sites for hydroxylation is 2. The van der Waals surface area contributed by atoms with Crippen molar-refractivity contribution in [2.45, 2.75) is 13.8 Å². The zero-order valence-electron chi connectivity index (χ0n) is 12.2. The van der Waals surface area contributed by atoms with Gasteiger partial charge in [0.05, 0.1) is 4.92 Å². The Morgan fingerprint density at radius 1 is 1.05 bits per heavy atom. The maximum atomic E-state index is 12.6. The highest BCUT2D eigenvalue weighted by Gasteiger charge is 2.18. The van der Waals surface area contributed by atoms with Gasteiger partial charge in [-0.05, 0) is 37.1 Å². The molecule has 2 rings (SSSR count). The highest BCUT2D eigenvalue weighted by Crippen LogP contribution is 2.22. The summed E-state index contributed by atoms with van der Waals surface area (Å²) in [6.07, 6.45) is 0. The van der Waals surface area contributed by atoms with Crippen LogP contribution in [0.1, 0.15) is 21.5 Å². The number of non-ortho nitro benzene ring substituents is 1. The van der Waals surface area contributed by atoms with Crippen molar-refractivity contribution in [3.63, 3.8) is 0 Å². The molecular weight excluding hydrogens is 268 g/mol. The van der Waals surface area contributed by atoms with E-state index in [0.717, 1.165) is 11.1 Å². The van der Waals surface area contributed by atoms with Crippen LogP contribution >= 0.6 is 0 Å². The minimum absolute atomic E-state index is 0.00618. The molecule has 0 fully saturated rings. The van der Waals surface area contributed by atoms with Gasteiger partial charge < -0.3 is 4.90 Å². The second-order valence-corrected chi connectivity index (χ2v) is 4.90. The number of benzene rings is 2. The summed E-state index contributed by atoms with van der Waals surface area (Å²) in [5, 5.41) is 10.7. The van der Waals surface area contributed by atoms with Crippen LogP contribution in [0.5, 0.6) is 0 Å². The zero-order valence-corrected chi connectivity index (χ0v) is 12.2. The number of hydrogen-bond donors (Lipinski definition) is 0. The molecule has 0 aliphatic carbocycles. The fourth-order valence-electron chi connectivity index (χ4n) is 2.23. The normalized spacial score (nSPS) is 10.2. The van der Waals surface area contributed by atoms with Crippen molar-refractivity contribution >= 4 is 17.3 Å². The molecule has 0 unspecified atom stereocenters. The molecule has 0 aliphatic rings. The number of anilines is 1. The molecule has 0 saturated carbocycles. The van der Waals surface area contributed by atoms with Crippen LogP contribution in [0.15, 0.2) is 42.5 Å². The van der Waals surface area contributed by atoms with Crippen LogP contribution in [0.3, 0.4) is 0 Å². The minimum Gasteiger partial charge on any atom is -0.311 e. The summed E-state index contributed by atoms with van der Waals surface area (Å²) in [5.41, 5.74) is 3.11. The number of rotatable bonds is 3. The Labute approximate surface area is 123 Å². The fourth-order valence-corrected chi connectivity index (χ4v) is 2.23. The third kappa shape index (κ3) is 2.91. The van der Waals surface area contributed by atoms with Gasteiger partial charge in [0.1, 0.15) is 0 Å². The lowest BCUT2D eigenvalue weighted by Gasteiger charge is -2.19. The predicted octanol–water partition coefficient (Wildman–Crippen LogP) is 3.49. The molecule has 0 heterocycles. The Balaban J connectivity index is 2.33. The van der Waals surface area contributed by atoms with Gasteiger partial charge in [-0.3, -0.25) is 14.9 Å². The first-order valence-corrected chi connectivity index (χ1v) is 6.50. The molecule has 0 aliphatic heterocycles. The first kappa shape index (κ1) is 14.7. The number of carbonyl (C=O) groups excluding carboxylic acids is 1. The van der Waals surface area contributed by atoms with Crippen LogP contribution in [0.2, 0.25) is 0 Å². The van der Waals surface area contributed by atoms with Crippen molar-refractivity contribution in [3.05, 3.63) is 69.3 Å². The minimum atomic E-state index is -0.461. The Bertz CT molecular complexity index is 673. The van der Waals surface area contributed by atoms with E-state index < -0.39 is 4.92 Å². The van der Waals surface area contributed by atoms with E-state index in [2.05, 4.69) is 0 Å². The van der Waals surface area contributed by atoms with Crippen molar-refractivity contribution in [2.75, 3.05) is 11.9 Å². The first-order valence-electron chi connectivity index (χ1n) is 6.50. The molecule has 5 nitrogen and oxygen atoms in total. The highest BCUT2D eigenvalue weighted by atomic mass is 16.6. The van der Waals surface area contributed by atoms with Gasteiger partial charge in [-0.25, -0.2) is 0 Å². The van der Waals surface area contributed by atoms with E-state index in [1.807, 2.05) is 32.0 Å². The largest absolute Gasteiger partial charge is 0.311 e. The van der Waals surface area contributed by atoms with E-state index in [4.69, 9.17) is 0 Å². The Morgan fingerprint density at radius 2 is 1.57 bits per heavy atom. The Morgan fingerprint density at radius 3 is 2.05 bits per heavy atom. The lowest BCUT2D eigenvalue weighted by Crippen LogP contribution is -2.27. The molecule has 21 heavy (non-hydrogen) atoms. The summed E-state index contributed by atoms with van der Waals surface area (Å²) in [4.78, 5) is 24.3. The van der Waals surface area contributed by atoms with Crippen molar-refractivity contribution < 1.29 is 9.72 Å². The smallest absolute Gasteiger partial charge is 0.269 e. The van der Waals surface area contributed by atoms with Gasteiger partial charge >= 0.3 is 0 Å². The van der Waals surface area contributed by atoms with Crippen LogP contribution < -0.4 is 4.90 Å². The second-order valence-electron chi connectivity index (χ2n) is 4.90. The van der Waals surface area contributed by atoms with Crippen LogP contribution in [0.25, 0.3) is 0 Å². The Kier molecular flexibility index (Phi) is 4.03. The van der Waals surface area contributed by atoms with E-state index in [0.29, 0.717) is 11.3 Å². The SMILES string of the molecule is Cc1cccc(C)c1C(=O)N(C)c1ccc([N+](=O)[O-])cc1. The highest BCUT2D eigenvalue weighted by molar-refractivity contribution is 6.07. The van der Waals surface area contributed by atoms with E-state index in [9.17, 15) is 14.9 Å². The van der Waals surface area contributed by atoms with E-state index >= 15 is 0 Å². The molecule has 2 aromatic rings. The second kappa shape index (κ2) is 5.75. The molecule has 0 N–H and O–H groups in total. The first-order chi connectivity index (χ1) is 9.91. The molecular formula is C16H16N2O3. The molecule has 5 heteroatoms. The third-order valence-electron chi connectivity index (χ3n) is 3.45. The molecule has 0 spiro atoms. The predicted molar refractivity (Wildman–Crippen MR) is 81.7 cm³/mol. The van der Waals surface area contributed by atoms with Crippen LogP contribution in [-0.4, -0.2) is 17.9 Å². The summed E-state index contributed by atoms with van der Waals surface area (Å²) >= 11 is 0.